The van der Waals surface area contributed by atoms with Gasteiger partial charge in [-0.15, -0.1) is 0 Å². The predicted octanol–water partition coefficient (Wildman–Crippen LogP) is 4.08. The van der Waals surface area contributed by atoms with E-state index in [0.29, 0.717) is 24.3 Å². The van der Waals surface area contributed by atoms with Gasteiger partial charge in [0, 0.05) is 19.2 Å². The highest BCUT2D eigenvalue weighted by Crippen LogP contribution is 2.25. The van der Waals surface area contributed by atoms with Crippen molar-refractivity contribution in [3.8, 4) is 0 Å². The summed E-state index contributed by atoms with van der Waals surface area (Å²) in [7, 11) is -3.75. The van der Waals surface area contributed by atoms with Crippen molar-refractivity contribution in [2.24, 2.45) is 0 Å². The summed E-state index contributed by atoms with van der Waals surface area (Å²) in [5, 5.41) is 2.64. The zero-order valence-electron chi connectivity index (χ0n) is 15.6. The molecule has 28 heavy (non-hydrogen) atoms. The number of anilines is 2. The molecule has 3 aromatic rings. The van der Waals surface area contributed by atoms with E-state index in [2.05, 4.69) is 5.32 Å². The fraction of sp³-hybridized carbons (Fsp3) is 0.136. The zero-order valence-corrected chi connectivity index (χ0v) is 16.4. The molecule has 3 aromatic carbocycles. The second-order valence-electron chi connectivity index (χ2n) is 6.35. The van der Waals surface area contributed by atoms with Crippen LogP contribution in [0.5, 0.6) is 0 Å². The molecule has 0 saturated carbocycles. The number of carbonyl (C=O) groups is 1. The molecule has 0 saturated heterocycles. The van der Waals surface area contributed by atoms with Gasteiger partial charge in [-0.2, -0.15) is 0 Å². The van der Waals surface area contributed by atoms with Gasteiger partial charge in [0.1, 0.15) is 0 Å². The van der Waals surface area contributed by atoms with Crippen molar-refractivity contribution < 1.29 is 13.2 Å². The highest BCUT2D eigenvalue weighted by Gasteiger charge is 2.24. The maximum absolute atomic E-state index is 13.3. The molecule has 0 bridgehead atoms. The van der Waals surface area contributed by atoms with Crippen LogP contribution in [0.25, 0.3) is 0 Å². The summed E-state index contributed by atoms with van der Waals surface area (Å²) in [5.74, 6) is -0.204. The maximum Gasteiger partial charge on any atom is 0.264 e. The van der Waals surface area contributed by atoms with Gasteiger partial charge in [0.2, 0.25) is 5.91 Å². The highest BCUT2D eigenvalue weighted by atomic mass is 32.2. The van der Waals surface area contributed by atoms with Crippen LogP contribution in [0.4, 0.5) is 11.4 Å². The molecule has 0 aliphatic rings. The Hall–Kier alpha value is -3.12. The van der Waals surface area contributed by atoms with Crippen LogP contribution in [0.2, 0.25) is 0 Å². The van der Waals surface area contributed by atoms with Crippen LogP contribution in [-0.4, -0.2) is 20.9 Å². The topological polar surface area (TPSA) is 66.5 Å². The van der Waals surface area contributed by atoms with Crippen LogP contribution >= 0.6 is 0 Å². The Morgan fingerprint density at radius 1 is 0.857 bits per heavy atom. The lowest BCUT2D eigenvalue weighted by Crippen LogP contribution is -2.33. The number of rotatable bonds is 7. The number of nitrogens with one attached hydrogen (secondary N) is 1. The Kier molecular flexibility index (Phi) is 6.11. The maximum atomic E-state index is 13.3. The number of benzene rings is 3. The van der Waals surface area contributed by atoms with Gasteiger partial charge in [0.25, 0.3) is 10.0 Å². The van der Waals surface area contributed by atoms with Crippen molar-refractivity contribution in [2.45, 2.75) is 18.2 Å². The minimum Gasteiger partial charge on any atom is -0.326 e. The first kappa shape index (κ1) is 19.6. The fourth-order valence-corrected chi connectivity index (χ4v) is 4.36. The molecule has 0 unspecified atom stereocenters. The summed E-state index contributed by atoms with van der Waals surface area (Å²) in [6.07, 6.45) is 0.596. The lowest BCUT2D eigenvalue weighted by molar-refractivity contribution is -0.114. The quantitative estimate of drug-likeness (QED) is 0.657. The molecule has 0 aliphatic heterocycles. The fourth-order valence-electron chi connectivity index (χ4n) is 2.90. The van der Waals surface area contributed by atoms with Gasteiger partial charge in [-0.3, -0.25) is 9.10 Å². The average molecular weight is 394 g/mol. The van der Waals surface area contributed by atoms with E-state index in [4.69, 9.17) is 0 Å². The largest absolute Gasteiger partial charge is 0.326 e. The average Bonchev–Trinajstić information content (AvgIpc) is 2.69. The van der Waals surface area contributed by atoms with Crippen molar-refractivity contribution in [1.82, 2.24) is 0 Å². The molecule has 1 N–H and O–H groups in total. The van der Waals surface area contributed by atoms with Crippen LogP contribution in [-0.2, 0) is 21.2 Å². The molecule has 0 aliphatic carbocycles. The first-order valence-corrected chi connectivity index (χ1v) is 10.4. The van der Waals surface area contributed by atoms with Crippen LogP contribution < -0.4 is 9.62 Å². The van der Waals surface area contributed by atoms with Gasteiger partial charge in [-0.1, -0.05) is 48.5 Å². The van der Waals surface area contributed by atoms with Crippen molar-refractivity contribution in [2.75, 3.05) is 16.2 Å². The number of hydrogen-bond donors (Lipinski definition) is 1. The van der Waals surface area contributed by atoms with E-state index in [9.17, 15) is 13.2 Å². The Balaban J connectivity index is 1.90. The Labute approximate surface area is 165 Å². The van der Waals surface area contributed by atoms with E-state index < -0.39 is 10.0 Å². The van der Waals surface area contributed by atoms with Crippen molar-refractivity contribution >= 4 is 27.3 Å². The highest BCUT2D eigenvalue weighted by molar-refractivity contribution is 7.92. The van der Waals surface area contributed by atoms with E-state index in [0.717, 1.165) is 5.56 Å². The van der Waals surface area contributed by atoms with Crippen LogP contribution in [0.3, 0.4) is 0 Å². The van der Waals surface area contributed by atoms with Crippen LogP contribution in [0.1, 0.15) is 12.5 Å². The molecular formula is C22H22N2O3S. The van der Waals surface area contributed by atoms with Gasteiger partial charge in [0.15, 0.2) is 0 Å². The SMILES string of the molecule is CC(=O)Nc1ccc(S(=O)(=O)N(CCc2ccccc2)c2ccccc2)cc1. The Morgan fingerprint density at radius 2 is 1.43 bits per heavy atom. The molecule has 0 atom stereocenters. The lowest BCUT2D eigenvalue weighted by Gasteiger charge is -2.25. The predicted molar refractivity (Wildman–Crippen MR) is 112 cm³/mol. The third-order valence-corrected chi connectivity index (χ3v) is 6.09. The zero-order chi connectivity index (χ0) is 20.0. The molecule has 0 spiro atoms. The Morgan fingerprint density at radius 3 is 2.00 bits per heavy atom. The van der Waals surface area contributed by atoms with Crippen molar-refractivity contribution in [3.05, 3.63) is 90.5 Å². The summed E-state index contributed by atoms with van der Waals surface area (Å²) in [5.41, 5.74) is 2.24. The molecule has 5 nitrogen and oxygen atoms in total. The summed E-state index contributed by atoms with van der Waals surface area (Å²) in [6.45, 7) is 1.73. The second-order valence-corrected chi connectivity index (χ2v) is 8.22. The van der Waals surface area contributed by atoms with Crippen LogP contribution in [0, 0.1) is 0 Å². The van der Waals surface area contributed by atoms with Gasteiger partial charge < -0.3 is 5.32 Å². The van der Waals surface area contributed by atoms with Gasteiger partial charge in [-0.25, -0.2) is 8.42 Å². The summed E-state index contributed by atoms with van der Waals surface area (Å²) in [4.78, 5) is 11.3. The van der Waals surface area contributed by atoms with E-state index in [1.54, 1.807) is 24.3 Å². The smallest absolute Gasteiger partial charge is 0.264 e. The molecule has 1 amide bonds. The number of para-hydroxylation sites is 1. The van der Waals surface area contributed by atoms with Gasteiger partial charge in [0.05, 0.1) is 10.6 Å². The summed E-state index contributed by atoms with van der Waals surface area (Å²) < 4.78 is 28.1. The van der Waals surface area contributed by atoms with E-state index in [1.807, 2.05) is 48.5 Å². The third-order valence-electron chi connectivity index (χ3n) is 4.25. The number of sulfonamides is 1. The second kappa shape index (κ2) is 8.71. The molecule has 0 radical (unpaired) electrons. The van der Waals surface area contributed by atoms with E-state index >= 15 is 0 Å². The molecular weight excluding hydrogens is 372 g/mol. The number of amides is 1. The number of carbonyl (C=O) groups excluding carboxylic acids is 1. The molecule has 3 rings (SSSR count). The normalized spacial score (nSPS) is 11.0. The molecule has 6 heteroatoms. The molecule has 0 heterocycles. The molecule has 144 valence electrons. The standard InChI is InChI=1S/C22H22N2O3S/c1-18(25)23-20-12-14-22(15-13-20)28(26,27)24(21-10-6-3-7-11-21)17-16-19-8-4-2-5-9-19/h2-15H,16-17H2,1H3,(H,23,25). The molecule has 0 fully saturated rings. The monoisotopic (exact) mass is 394 g/mol. The summed E-state index contributed by atoms with van der Waals surface area (Å²) in [6, 6.07) is 25.1. The minimum absolute atomic E-state index is 0.179. The molecule has 0 aromatic heterocycles. The van der Waals surface area contributed by atoms with Gasteiger partial charge >= 0.3 is 0 Å². The lowest BCUT2D eigenvalue weighted by atomic mass is 10.1. The third kappa shape index (κ3) is 4.78. The van der Waals surface area contributed by atoms with Gasteiger partial charge in [-0.05, 0) is 48.4 Å². The summed E-state index contributed by atoms with van der Waals surface area (Å²) >= 11 is 0. The Bertz CT molecular complexity index is 1020. The number of nitrogens with zero attached hydrogens (tertiary/aromatic N) is 1. The van der Waals surface area contributed by atoms with Crippen molar-refractivity contribution in [3.63, 3.8) is 0 Å². The first-order chi connectivity index (χ1) is 13.5. The van der Waals surface area contributed by atoms with E-state index in [1.165, 1.54) is 23.4 Å². The minimum atomic E-state index is -3.75. The first-order valence-electron chi connectivity index (χ1n) is 8.96. The number of hydrogen-bond acceptors (Lipinski definition) is 3. The van der Waals surface area contributed by atoms with Crippen LogP contribution in [0.15, 0.2) is 89.8 Å². The van der Waals surface area contributed by atoms with Crippen molar-refractivity contribution in [1.29, 1.82) is 0 Å². The van der Waals surface area contributed by atoms with E-state index in [-0.39, 0.29) is 10.8 Å².